The van der Waals surface area contributed by atoms with Gasteiger partial charge in [0.25, 0.3) is 5.91 Å². The van der Waals surface area contributed by atoms with Crippen molar-refractivity contribution in [2.75, 3.05) is 10.6 Å². The first-order valence-electron chi connectivity index (χ1n) is 7.69. The summed E-state index contributed by atoms with van der Waals surface area (Å²) in [6.07, 6.45) is 2.86. The van der Waals surface area contributed by atoms with E-state index in [1.165, 1.54) is 13.0 Å². The van der Waals surface area contributed by atoms with Crippen LogP contribution in [0.2, 0.25) is 0 Å². The number of pyridine rings is 1. The van der Waals surface area contributed by atoms with E-state index in [2.05, 4.69) is 15.6 Å². The Hall–Kier alpha value is -3.28. The first-order valence-corrected chi connectivity index (χ1v) is 7.69. The summed E-state index contributed by atoms with van der Waals surface area (Å²) in [6.45, 7) is 4.92. The van der Waals surface area contributed by atoms with Gasteiger partial charge in [0, 0.05) is 29.1 Å². The molecule has 1 heterocycles. The van der Waals surface area contributed by atoms with Crippen molar-refractivity contribution >= 4 is 29.1 Å². The highest BCUT2D eigenvalue weighted by Crippen LogP contribution is 2.11. The smallest absolute Gasteiger partial charge is 0.252 e. The molecule has 0 fully saturated rings. The number of amides is 2. The van der Waals surface area contributed by atoms with Gasteiger partial charge >= 0.3 is 0 Å². The SMILES string of the molecule is CC(=O)c1ccc(NC(=O)/C=C(\C)C(=O)Nc2ccc(C)cn2)cc1. The number of Topliss-reactive ketones (excluding diaryl/α,β-unsaturated/α-hetero) is 1. The molecule has 0 bridgehead atoms. The molecule has 2 amide bonds. The van der Waals surface area contributed by atoms with E-state index in [4.69, 9.17) is 0 Å². The lowest BCUT2D eigenvalue weighted by Gasteiger charge is -2.06. The summed E-state index contributed by atoms with van der Waals surface area (Å²) in [6, 6.07) is 10.0. The number of carbonyl (C=O) groups is 3. The zero-order chi connectivity index (χ0) is 18.4. The summed E-state index contributed by atoms with van der Waals surface area (Å²) in [4.78, 5) is 39.4. The van der Waals surface area contributed by atoms with Gasteiger partial charge in [-0.25, -0.2) is 4.98 Å². The van der Waals surface area contributed by atoms with Crippen LogP contribution in [0, 0.1) is 6.92 Å². The van der Waals surface area contributed by atoms with E-state index >= 15 is 0 Å². The van der Waals surface area contributed by atoms with Crippen molar-refractivity contribution in [1.29, 1.82) is 0 Å². The molecule has 0 aliphatic carbocycles. The lowest BCUT2D eigenvalue weighted by atomic mass is 10.1. The lowest BCUT2D eigenvalue weighted by Crippen LogP contribution is -2.16. The molecule has 0 aliphatic heterocycles. The third-order valence-corrected chi connectivity index (χ3v) is 3.42. The van der Waals surface area contributed by atoms with E-state index < -0.39 is 11.8 Å². The average molecular weight is 337 g/mol. The van der Waals surface area contributed by atoms with Crippen LogP contribution in [0.4, 0.5) is 11.5 Å². The summed E-state index contributed by atoms with van der Waals surface area (Å²) < 4.78 is 0. The van der Waals surface area contributed by atoms with Crippen molar-refractivity contribution in [2.45, 2.75) is 20.8 Å². The molecule has 0 saturated heterocycles. The van der Waals surface area contributed by atoms with Gasteiger partial charge in [-0.1, -0.05) is 6.07 Å². The van der Waals surface area contributed by atoms with E-state index in [0.717, 1.165) is 5.56 Å². The number of nitrogens with zero attached hydrogens (tertiary/aromatic N) is 1. The van der Waals surface area contributed by atoms with Crippen LogP contribution >= 0.6 is 0 Å². The van der Waals surface area contributed by atoms with Crippen molar-refractivity contribution < 1.29 is 14.4 Å². The van der Waals surface area contributed by atoms with Crippen LogP contribution in [0.15, 0.2) is 54.2 Å². The number of aryl methyl sites for hydroxylation is 1. The van der Waals surface area contributed by atoms with E-state index in [1.807, 2.05) is 13.0 Å². The van der Waals surface area contributed by atoms with Gasteiger partial charge in [-0.05, 0) is 56.7 Å². The van der Waals surface area contributed by atoms with Gasteiger partial charge in [0.05, 0.1) is 0 Å². The van der Waals surface area contributed by atoms with Crippen molar-refractivity contribution in [1.82, 2.24) is 4.98 Å². The fourth-order valence-corrected chi connectivity index (χ4v) is 1.99. The molecular formula is C19H19N3O3. The number of anilines is 2. The molecule has 0 unspecified atom stereocenters. The number of ketones is 1. The van der Waals surface area contributed by atoms with Crippen LogP contribution in [-0.4, -0.2) is 22.6 Å². The predicted octanol–water partition coefficient (Wildman–Crippen LogP) is 3.12. The second kappa shape index (κ2) is 8.01. The molecule has 2 N–H and O–H groups in total. The molecule has 25 heavy (non-hydrogen) atoms. The largest absolute Gasteiger partial charge is 0.323 e. The molecule has 0 atom stereocenters. The van der Waals surface area contributed by atoms with Crippen LogP contribution < -0.4 is 10.6 Å². The number of nitrogens with one attached hydrogen (secondary N) is 2. The van der Waals surface area contributed by atoms with Gasteiger partial charge in [-0.3, -0.25) is 14.4 Å². The van der Waals surface area contributed by atoms with Gasteiger partial charge in [-0.15, -0.1) is 0 Å². The van der Waals surface area contributed by atoms with Crippen molar-refractivity contribution in [3.8, 4) is 0 Å². The number of aromatic nitrogens is 1. The fraction of sp³-hybridized carbons (Fsp3) is 0.158. The minimum absolute atomic E-state index is 0.0463. The van der Waals surface area contributed by atoms with E-state index in [9.17, 15) is 14.4 Å². The summed E-state index contributed by atoms with van der Waals surface area (Å²) in [5.41, 5.74) is 2.34. The van der Waals surface area contributed by atoms with Crippen molar-refractivity contribution in [3.63, 3.8) is 0 Å². The predicted molar refractivity (Wildman–Crippen MR) is 96.4 cm³/mol. The standard InChI is InChI=1S/C19H19N3O3/c1-12-4-9-17(20-11-12)22-19(25)13(2)10-18(24)21-16-7-5-15(6-8-16)14(3)23/h4-11H,1-3H3,(H,21,24)(H,20,22,25)/b13-10+. The first kappa shape index (κ1) is 18.1. The maximum atomic E-state index is 12.1. The van der Waals surface area contributed by atoms with E-state index in [-0.39, 0.29) is 11.4 Å². The highest BCUT2D eigenvalue weighted by molar-refractivity contribution is 6.09. The molecule has 6 nitrogen and oxygen atoms in total. The number of carbonyl (C=O) groups excluding carboxylic acids is 3. The molecule has 2 rings (SSSR count). The Kier molecular flexibility index (Phi) is 5.79. The topological polar surface area (TPSA) is 88.2 Å². The van der Waals surface area contributed by atoms with Gasteiger partial charge in [0.2, 0.25) is 5.91 Å². The van der Waals surface area contributed by atoms with E-state index in [1.54, 1.807) is 43.5 Å². The third kappa shape index (κ3) is 5.39. The summed E-state index contributed by atoms with van der Waals surface area (Å²) in [5, 5.41) is 5.27. The number of hydrogen-bond donors (Lipinski definition) is 2. The minimum atomic E-state index is -0.430. The lowest BCUT2D eigenvalue weighted by molar-refractivity contribution is -0.114. The summed E-state index contributed by atoms with van der Waals surface area (Å²) >= 11 is 0. The van der Waals surface area contributed by atoms with E-state index in [0.29, 0.717) is 17.1 Å². The number of benzene rings is 1. The van der Waals surface area contributed by atoms with Crippen LogP contribution in [0.25, 0.3) is 0 Å². The molecule has 2 aromatic rings. The molecule has 1 aromatic heterocycles. The highest BCUT2D eigenvalue weighted by atomic mass is 16.2. The zero-order valence-corrected chi connectivity index (χ0v) is 14.3. The second-order valence-corrected chi connectivity index (χ2v) is 5.63. The zero-order valence-electron chi connectivity index (χ0n) is 14.3. The Morgan fingerprint density at radius 3 is 2.20 bits per heavy atom. The maximum Gasteiger partial charge on any atom is 0.252 e. The molecular weight excluding hydrogens is 318 g/mol. The molecule has 128 valence electrons. The van der Waals surface area contributed by atoms with Crippen LogP contribution in [0.5, 0.6) is 0 Å². The van der Waals surface area contributed by atoms with Gasteiger partial charge in [0.1, 0.15) is 5.82 Å². The third-order valence-electron chi connectivity index (χ3n) is 3.42. The Balaban J connectivity index is 1.97. The fourth-order valence-electron chi connectivity index (χ4n) is 1.99. The normalized spacial score (nSPS) is 10.9. The maximum absolute atomic E-state index is 12.1. The van der Waals surface area contributed by atoms with Crippen molar-refractivity contribution in [2.24, 2.45) is 0 Å². The van der Waals surface area contributed by atoms with Gasteiger partial charge in [-0.2, -0.15) is 0 Å². The Morgan fingerprint density at radius 1 is 0.960 bits per heavy atom. The second-order valence-electron chi connectivity index (χ2n) is 5.63. The molecule has 0 radical (unpaired) electrons. The summed E-state index contributed by atoms with van der Waals surface area (Å²) in [5.74, 6) is -0.461. The summed E-state index contributed by atoms with van der Waals surface area (Å²) in [7, 11) is 0. The van der Waals surface area contributed by atoms with Crippen LogP contribution in [-0.2, 0) is 9.59 Å². The Labute approximate surface area is 146 Å². The number of hydrogen-bond acceptors (Lipinski definition) is 4. The van der Waals surface area contributed by atoms with Gasteiger partial charge in [0.15, 0.2) is 5.78 Å². The Morgan fingerprint density at radius 2 is 1.64 bits per heavy atom. The Bertz CT molecular complexity index is 822. The number of rotatable bonds is 5. The molecule has 0 saturated carbocycles. The molecule has 1 aromatic carbocycles. The monoisotopic (exact) mass is 337 g/mol. The van der Waals surface area contributed by atoms with Gasteiger partial charge < -0.3 is 10.6 Å². The molecule has 0 aliphatic rings. The average Bonchev–Trinajstić information content (AvgIpc) is 2.57. The first-order chi connectivity index (χ1) is 11.8. The van der Waals surface area contributed by atoms with Crippen LogP contribution in [0.1, 0.15) is 29.8 Å². The van der Waals surface area contributed by atoms with Crippen molar-refractivity contribution in [3.05, 3.63) is 65.4 Å². The van der Waals surface area contributed by atoms with Crippen LogP contribution in [0.3, 0.4) is 0 Å². The quantitative estimate of drug-likeness (QED) is 0.648. The molecule has 6 heteroatoms. The molecule has 0 spiro atoms. The minimum Gasteiger partial charge on any atom is -0.323 e. The highest BCUT2D eigenvalue weighted by Gasteiger charge is 2.08.